The quantitative estimate of drug-likeness (QED) is 0.540. The van der Waals surface area contributed by atoms with E-state index in [1.165, 1.54) is 0 Å². The summed E-state index contributed by atoms with van der Waals surface area (Å²) in [6.45, 7) is 7.77. The van der Waals surface area contributed by atoms with Crippen LogP contribution < -0.4 is 16.8 Å². The number of hydrogen-bond donors (Lipinski definition) is 3. The molecular weight excluding hydrogens is 166 g/mol. The van der Waals surface area contributed by atoms with Crippen molar-refractivity contribution in [2.45, 2.75) is 33.2 Å². The molecule has 0 bridgehead atoms. The van der Waals surface area contributed by atoms with E-state index in [0.29, 0.717) is 6.54 Å². The van der Waals surface area contributed by atoms with Gasteiger partial charge in [-0.2, -0.15) is 0 Å². The zero-order valence-electron chi connectivity index (χ0n) is 8.76. The second-order valence-corrected chi connectivity index (χ2v) is 4.16. The van der Waals surface area contributed by atoms with Crippen molar-refractivity contribution in [3.63, 3.8) is 0 Å². The predicted molar refractivity (Wildman–Crippen MR) is 54.1 cm³/mol. The highest BCUT2D eigenvalue weighted by Gasteiger charge is 2.15. The van der Waals surface area contributed by atoms with Gasteiger partial charge in [0.05, 0.1) is 6.04 Å². The Labute approximate surface area is 80.0 Å². The SMILES string of the molecule is CCC(C)(C)CNCC(N)C(N)=O. The van der Waals surface area contributed by atoms with Crippen LogP contribution in [0.15, 0.2) is 0 Å². The van der Waals surface area contributed by atoms with E-state index in [2.05, 4.69) is 26.1 Å². The minimum atomic E-state index is -0.576. The molecule has 0 rings (SSSR count). The van der Waals surface area contributed by atoms with Gasteiger partial charge < -0.3 is 16.8 Å². The molecule has 0 aliphatic heterocycles. The van der Waals surface area contributed by atoms with Crippen LogP contribution >= 0.6 is 0 Å². The molecule has 4 heteroatoms. The van der Waals surface area contributed by atoms with E-state index in [1.54, 1.807) is 0 Å². The van der Waals surface area contributed by atoms with Gasteiger partial charge in [0.15, 0.2) is 0 Å². The van der Waals surface area contributed by atoms with Gasteiger partial charge in [-0.3, -0.25) is 4.79 Å². The molecule has 13 heavy (non-hydrogen) atoms. The highest BCUT2D eigenvalue weighted by atomic mass is 16.1. The first-order valence-electron chi connectivity index (χ1n) is 4.64. The Hall–Kier alpha value is -0.610. The maximum Gasteiger partial charge on any atom is 0.235 e. The summed E-state index contributed by atoms with van der Waals surface area (Å²) in [4.78, 5) is 10.6. The summed E-state index contributed by atoms with van der Waals surface area (Å²) in [6.07, 6.45) is 1.09. The first-order chi connectivity index (χ1) is 5.89. The third-order valence-corrected chi connectivity index (χ3v) is 2.29. The highest BCUT2D eigenvalue weighted by molar-refractivity contribution is 5.79. The van der Waals surface area contributed by atoms with E-state index in [0.717, 1.165) is 13.0 Å². The Balaban J connectivity index is 3.62. The molecular formula is C9H21N3O. The van der Waals surface area contributed by atoms with Crippen molar-refractivity contribution < 1.29 is 4.79 Å². The Morgan fingerprint density at radius 2 is 2.08 bits per heavy atom. The smallest absolute Gasteiger partial charge is 0.235 e. The standard InChI is InChI=1S/C9H21N3O/c1-4-9(2,3)6-12-5-7(10)8(11)13/h7,12H,4-6,10H2,1-3H3,(H2,11,13). The molecule has 1 amide bonds. The van der Waals surface area contributed by atoms with E-state index in [-0.39, 0.29) is 5.41 Å². The van der Waals surface area contributed by atoms with Crippen LogP contribution in [0.3, 0.4) is 0 Å². The molecule has 5 N–H and O–H groups in total. The van der Waals surface area contributed by atoms with Gasteiger partial charge in [-0.1, -0.05) is 20.8 Å². The van der Waals surface area contributed by atoms with Crippen molar-refractivity contribution in [1.82, 2.24) is 5.32 Å². The minimum absolute atomic E-state index is 0.247. The van der Waals surface area contributed by atoms with E-state index < -0.39 is 11.9 Å². The van der Waals surface area contributed by atoms with E-state index >= 15 is 0 Å². The van der Waals surface area contributed by atoms with Gasteiger partial charge >= 0.3 is 0 Å². The van der Waals surface area contributed by atoms with Crippen molar-refractivity contribution in [3.05, 3.63) is 0 Å². The van der Waals surface area contributed by atoms with Crippen LogP contribution in [0.25, 0.3) is 0 Å². The van der Waals surface area contributed by atoms with E-state index in [4.69, 9.17) is 11.5 Å². The fourth-order valence-corrected chi connectivity index (χ4v) is 0.792. The van der Waals surface area contributed by atoms with Crippen LogP contribution in [-0.4, -0.2) is 25.0 Å². The number of hydrogen-bond acceptors (Lipinski definition) is 3. The molecule has 0 aromatic rings. The third-order valence-electron chi connectivity index (χ3n) is 2.29. The van der Waals surface area contributed by atoms with Crippen molar-refractivity contribution in [3.8, 4) is 0 Å². The van der Waals surface area contributed by atoms with Crippen LogP contribution in [0.4, 0.5) is 0 Å². The predicted octanol–water partition coefficient (Wildman–Crippen LogP) is -0.175. The topological polar surface area (TPSA) is 81.1 Å². The van der Waals surface area contributed by atoms with Crippen LogP contribution in [-0.2, 0) is 4.79 Å². The highest BCUT2D eigenvalue weighted by Crippen LogP contribution is 2.17. The summed E-state index contributed by atoms with van der Waals surface area (Å²) in [5.74, 6) is -0.457. The monoisotopic (exact) mass is 187 g/mol. The summed E-state index contributed by atoms with van der Waals surface area (Å²) >= 11 is 0. The molecule has 1 atom stereocenters. The van der Waals surface area contributed by atoms with Gasteiger partial charge in [0, 0.05) is 13.1 Å². The molecule has 0 radical (unpaired) electrons. The summed E-state index contributed by atoms with van der Waals surface area (Å²) < 4.78 is 0. The zero-order chi connectivity index (χ0) is 10.5. The molecule has 0 heterocycles. The lowest BCUT2D eigenvalue weighted by Crippen LogP contribution is -2.46. The largest absolute Gasteiger partial charge is 0.368 e. The maximum atomic E-state index is 10.6. The fourth-order valence-electron chi connectivity index (χ4n) is 0.792. The number of nitrogens with one attached hydrogen (secondary N) is 1. The average Bonchev–Trinajstić information content (AvgIpc) is 2.04. The van der Waals surface area contributed by atoms with Crippen molar-refractivity contribution >= 4 is 5.91 Å². The normalized spacial score (nSPS) is 14.2. The number of carbonyl (C=O) groups is 1. The van der Waals surface area contributed by atoms with Gasteiger partial charge in [-0.15, -0.1) is 0 Å². The lowest BCUT2D eigenvalue weighted by Gasteiger charge is -2.23. The summed E-state index contributed by atoms with van der Waals surface area (Å²) in [5, 5.41) is 3.13. The summed E-state index contributed by atoms with van der Waals surface area (Å²) in [6, 6.07) is -0.576. The minimum Gasteiger partial charge on any atom is -0.368 e. The van der Waals surface area contributed by atoms with Crippen LogP contribution in [0, 0.1) is 5.41 Å². The molecule has 0 fully saturated rings. The van der Waals surface area contributed by atoms with Gasteiger partial charge in [0.25, 0.3) is 0 Å². The zero-order valence-corrected chi connectivity index (χ0v) is 8.76. The van der Waals surface area contributed by atoms with Crippen LogP contribution in [0.5, 0.6) is 0 Å². The maximum absolute atomic E-state index is 10.6. The number of primary amides is 1. The fraction of sp³-hybridized carbons (Fsp3) is 0.889. The first kappa shape index (κ1) is 12.4. The number of rotatable bonds is 6. The average molecular weight is 187 g/mol. The number of amides is 1. The van der Waals surface area contributed by atoms with Crippen molar-refractivity contribution in [2.24, 2.45) is 16.9 Å². The van der Waals surface area contributed by atoms with Gasteiger partial charge in [-0.05, 0) is 11.8 Å². The second-order valence-electron chi connectivity index (χ2n) is 4.16. The van der Waals surface area contributed by atoms with Crippen LogP contribution in [0.1, 0.15) is 27.2 Å². The first-order valence-corrected chi connectivity index (χ1v) is 4.64. The molecule has 0 aliphatic rings. The van der Waals surface area contributed by atoms with E-state index in [9.17, 15) is 4.79 Å². The van der Waals surface area contributed by atoms with E-state index in [1.807, 2.05) is 0 Å². The molecule has 0 aliphatic carbocycles. The molecule has 4 nitrogen and oxygen atoms in total. The summed E-state index contributed by atoms with van der Waals surface area (Å²) in [7, 11) is 0. The molecule has 0 saturated heterocycles. The number of nitrogens with two attached hydrogens (primary N) is 2. The second kappa shape index (κ2) is 5.19. The van der Waals surface area contributed by atoms with Crippen molar-refractivity contribution in [1.29, 1.82) is 0 Å². The number of carbonyl (C=O) groups excluding carboxylic acids is 1. The van der Waals surface area contributed by atoms with Gasteiger partial charge in [0.1, 0.15) is 0 Å². The lowest BCUT2D eigenvalue weighted by atomic mass is 9.90. The third kappa shape index (κ3) is 5.60. The Morgan fingerprint density at radius 3 is 2.46 bits per heavy atom. The molecule has 0 saturated carbocycles. The molecule has 0 aromatic heterocycles. The summed E-state index contributed by atoms with van der Waals surface area (Å²) in [5.41, 5.74) is 10.7. The van der Waals surface area contributed by atoms with Crippen LogP contribution in [0.2, 0.25) is 0 Å². The van der Waals surface area contributed by atoms with Gasteiger partial charge in [0.2, 0.25) is 5.91 Å². The van der Waals surface area contributed by atoms with Gasteiger partial charge in [-0.25, -0.2) is 0 Å². The Morgan fingerprint density at radius 1 is 1.54 bits per heavy atom. The lowest BCUT2D eigenvalue weighted by molar-refractivity contribution is -0.119. The Bertz CT molecular complexity index is 168. The molecule has 1 unspecified atom stereocenters. The Kier molecular flexibility index (Phi) is 4.95. The molecule has 0 aromatic carbocycles. The molecule has 78 valence electrons. The van der Waals surface area contributed by atoms with Crippen molar-refractivity contribution in [2.75, 3.05) is 13.1 Å². The molecule has 0 spiro atoms.